The van der Waals surface area contributed by atoms with E-state index >= 15 is 0 Å². The molecule has 2 rings (SSSR count). The molecule has 0 aliphatic carbocycles. The minimum atomic E-state index is -0.667. The van der Waals surface area contributed by atoms with Crippen molar-refractivity contribution in [2.24, 2.45) is 13.0 Å². The highest BCUT2D eigenvalue weighted by Gasteiger charge is 2.27. The summed E-state index contributed by atoms with van der Waals surface area (Å²) in [5, 5.41) is 6.83. The first-order chi connectivity index (χ1) is 11.8. The molecular formula is C18H23FN4O2. The zero-order valence-corrected chi connectivity index (χ0v) is 14.9. The van der Waals surface area contributed by atoms with Crippen molar-refractivity contribution in [3.05, 3.63) is 53.6 Å². The van der Waals surface area contributed by atoms with Gasteiger partial charge in [0.15, 0.2) is 0 Å². The van der Waals surface area contributed by atoms with Crippen molar-refractivity contribution in [2.45, 2.75) is 26.4 Å². The van der Waals surface area contributed by atoms with E-state index in [4.69, 9.17) is 0 Å². The lowest BCUT2D eigenvalue weighted by molar-refractivity contribution is -0.133. The van der Waals surface area contributed by atoms with Crippen LogP contribution in [-0.4, -0.2) is 39.6 Å². The number of rotatable bonds is 6. The van der Waals surface area contributed by atoms with Crippen LogP contribution in [0.2, 0.25) is 0 Å². The lowest BCUT2D eigenvalue weighted by Crippen LogP contribution is -2.50. The number of benzene rings is 1. The summed E-state index contributed by atoms with van der Waals surface area (Å²) < 4.78 is 14.7. The van der Waals surface area contributed by atoms with Crippen molar-refractivity contribution in [2.75, 3.05) is 7.05 Å². The second kappa shape index (κ2) is 7.92. The number of hydrogen-bond donors (Lipinski definition) is 1. The topological polar surface area (TPSA) is 67.2 Å². The summed E-state index contributed by atoms with van der Waals surface area (Å²) in [5.41, 5.74) is 1.22. The number of amides is 2. The van der Waals surface area contributed by atoms with E-state index in [2.05, 4.69) is 10.4 Å². The summed E-state index contributed by atoms with van der Waals surface area (Å²) in [6.07, 6.45) is 3.54. The number of aromatic nitrogens is 2. The molecule has 0 radical (unpaired) electrons. The molecule has 134 valence electrons. The summed E-state index contributed by atoms with van der Waals surface area (Å²) >= 11 is 0. The van der Waals surface area contributed by atoms with Crippen molar-refractivity contribution >= 4 is 11.8 Å². The number of nitrogens with zero attached hydrogens (tertiary/aromatic N) is 3. The molecule has 6 nitrogen and oxygen atoms in total. The van der Waals surface area contributed by atoms with Crippen molar-refractivity contribution in [3.8, 4) is 0 Å². The van der Waals surface area contributed by atoms with E-state index in [1.54, 1.807) is 22.8 Å². The normalized spacial score (nSPS) is 12.1. The molecule has 0 saturated heterocycles. The lowest BCUT2D eigenvalue weighted by Gasteiger charge is -2.27. The molecule has 25 heavy (non-hydrogen) atoms. The number of nitrogens with one attached hydrogen (secondary N) is 1. The Bertz CT molecular complexity index is 740. The van der Waals surface area contributed by atoms with Gasteiger partial charge >= 0.3 is 0 Å². The zero-order valence-electron chi connectivity index (χ0n) is 14.9. The molecule has 0 fully saturated rings. The van der Waals surface area contributed by atoms with Crippen molar-refractivity contribution in [1.29, 1.82) is 0 Å². The van der Waals surface area contributed by atoms with Gasteiger partial charge < -0.3 is 10.2 Å². The maximum atomic E-state index is 13.0. The molecule has 1 aromatic carbocycles. The summed E-state index contributed by atoms with van der Waals surface area (Å²) in [7, 11) is 3.50. The first-order valence-corrected chi connectivity index (χ1v) is 8.07. The average molecular weight is 346 g/mol. The second-order valence-electron chi connectivity index (χ2n) is 6.42. The standard InChI is InChI=1S/C18H23FN4O2/c1-12(2)16(21-17(24)14-5-7-15(19)8-6-14)18(25)22(3)10-13-9-20-23(4)11-13/h5-9,11-12,16H,10H2,1-4H3,(H,21,24). The van der Waals surface area contributed by atoms with Crippen LogP contribution >= 0.6 is 0 Å². The van der Waals surface area contributed by atoms with Crippen LogP contribution in [0.3, 0.4) is 0 Å². The Kier molecular flexibility index (Phi) is 5.90. The first kappa shape index (κ1) is 18.6. The molecule has 7 heteroatoms. The maximum absolute atomic E-state index is 13.0. The van der Waals surface area contributed by atoms with E-state index < -0.39 is 17.8 Å². The smallest absolute Gasteiger partial charge is 0.251 e. The molecule has 0 bridgehead atoms. The molecule has 1 N–H and O–H groups in total. The van der Waals surface area contributed by atoms with Gasteiger partial charge in [0.05, 0.1) is 6.20 Å². The van der Waals surface area contributed by atoms with Crippen molar-refractivity contribution < 1.29 is 14.0 Å². The highest BCUT2D eigenvalue weighted by molar-refractivity contribution is 5.97. The van der Waals surface area contributed by atoms with Gasteiger partial charge in [-0.25, -0.2) is 4.39 Å². The fourth-order valence-corrected chi connectivity index (χ4v) is 2.48. The summed E-state index contributed by atoms with van der Waals surface area (Å²) in [6, 6.07) is 4.56. The van der Waals surface area contributed by atoms with Gasteiger partial charge in [0.2, 0.25) is 5.91 Å². The zero-order chi connectivity index (χ0) is 18.6. The van der Waals surface area contributed by atoms with Crippen molar-refractivity contribution in [3.63, 3.8) is 0 Å². The van der Waals surface area contributed by atoms with Gasteiger partial charge in [-0.1, -0.05) is 13.8 Å². The maximum Gasteiger partial charge on any atom is 0.251 e. The molecule has 0 aliphatic heterocycles. The third-order valence-electron chi connectivity index (χ3n) is 3.88. The van der Waals surface area contributed by atoms with Crippen LogP contribution in [0.25, 0.3) is 0 Å². The largest absolute Gasteiger partial charge is 0.340 e. The van der Waals surface area contributed by atoms with Crippen LogP contribution in [0.15, 0.2) is 36.7 Å². The fraction of sp³-hybridized carbons (Fsp3) is 0.389. The van der Waals surface area contributed by atoms with E-state index in [1.165, 1.54) is 24.3 Å². The van der Waals surface area contributed by atoms with Crippen LogP contribution in [0.1, 0.15) is 29.8 Å². The van der Waals surface area contributed by atoms with E-state index in [-0.39, 0.29) is 11.8 Å². The first-order valence-electron chi connectivity index (χ1n) is 8.07. The minimum Gasteiger partial charge on any atom is -0.340 e. The summed E-state index contributed by atoms with van der Waals surface area (Å²) in [4.78, 5) is 26.6. The Morgan fingerprint density at radius 3 is 2.44 bits per heavy atom. The molecule has 0 spiro atoms. The molecule has 1 atom stereocenters. The quantitative estimate of drug-likeness (QED) is 0.870. The predicted octanol–water partition coefficient (Wildman–Crippen LogP) is 1.97. The van der Waals surface area contributed by atoms with Gasteiger partial charge in [-0.2, -0.15) is 5.10 Å². The summed E-state index contributed by atoms with van der Waals surface area (Å²) in [6.45, 7) is 4.14. The van der Waals surface area contributed by atoms with Gasteiger partial charge in [-0.3, -0.25) is 14.3 Å². The predicted molar refractivity (Wildman–Crippen MR) is 92.2 cm³/mol. The Labute approximate surface area is 146 Å². The van der Waals surface area contributed by atoms with Crippen LogP contribution in [0.5, 0.6) is 0 Å². The molecule has 0 aliphatic rings. The Balaban J connectivity index is 2.06. The Morgan fingerprint density at radius 2 is 1.92 bits per heavy atom. The number of aryl methyl sites for hydroxylation is 1. The Morgan fingerprint density at radius 1 is 1.28 bits per heavy atom. The van der Waals surface area contributed by atoms with Crippen LogP contribution in [0.4, 0.5) is 4.39 Å². The molecule has 1 unspecified atom stereocenters. The lowest BCUT2D eigenvalue weighted by atomic mass is 10.0. The van der Waals surface area contributed by atoms with E-state index in [0.29, 0.717) is 12.1 Å². The molecular weight excluding hydrogens is 323 g/mol. The van der Waals surface area contributed by atoms with Gasteiger partial charge in [-0.15, -0.1) is 0 Å². The number of carbonyl (C=O) groups is 2. The number of likely N-dealkylation sites (N-methyl/N-ethyl adjacent to an activating group) is 1. The highest BCUT2D eigenvalue weighted by atomic mass is 19.1. The van der Waals surface area contributed by atoms with Crippen LogP contribution < -0.4 is 5.32 Å². The molecule has 2 aromatic rings. The van der Waals surface area contributed by atoms with E-state index in [9.17, 15) is 14.0 Å². The highest BCUT2D eigenvalue weighted by Crippen LogP contribution is 2.11. The van der Waals surface area contributed by atoms with Gasteiger partial charge in [0.1, 0.15) is 11.9 Å². The van der Waals surface area contributed by atoms with E-state index in [1.807, 2.05) is 27.1 Å². The van der Waals surface area contributed by atoms with Gasteiger partial charge in [0.25, 0.3) is 5.91 Å². The second-order valence-corrected chi connectivity index (χ2v) is 6.42. The number of hydrogen-bond acceptors (Lipinski definition) is 3. The summed E-state index contributed by atoms with van der Waals surface area (Å²) in [5.74, 6) is -1.09. The molecule has 1 aromatic heterocycles. The van der Waals surface area contributed by atoms with Gasteiger partial charge in [-0.05, 0) is 30.2 Å². The van der Waals surface area contributed by atoms with Gasteiger partial charge in [0, 0.05) is 38.0 Å². The molecule has 0 saturated carbocycles. The number of halogens is 1. The van der Waals surface area contributed by atoms with E-state index in [0.717, 1.165) is 5.56 Å². The third-order valence-corrected chi connectivity index (χ3v) is 3.88. The monoisotopic (exact) mass is 346 g/mol. The minimum absolute atomic E-state index is 0.0896. The van der Waals surface area contributed by atoms with Crippen molar-refractivity contribution in [1.82, 2.24) is 20.0 Å². The SMILES string of the molecule is CC(C)C(NC(=O)c1ccc(F)cc1)C(=O)N(C)Cc1cnn(C)c1. The molecule has 1 heterocycles. The average Bonchev–Trinajstić information content (AvgIpc) is 2.97. The van der Waals surface area contributed by atoms with Crippen LogP contribution in [-0.2, 0) is 18.4 Å². The van der Waals surface area contributed by atoms with Crippen LogP contribution in [0, 0.1) is 11.7 Å². The molecule has 2 amide bonds. The Hall–Kier alpha value is -2.70. The third kappa shape index (κ3) is 4.89. The fourth-order valence-electron chi connectivity index (χ4n) is 2.48. The number of carbonyl (C=O) groups excluding carboxylic acids is 2.